The van der Waals surface area contributed by atoms with Crippen molar-refractivity contribution < 1.29 is 9.59 Å². The van der Waals surface area contributed by atoms with Gasteiger partial charge in [0.05, 0.1) is 0 Å². The van der Waals surface area contributed by atoms with Crippen LogP contribution in [-0.4, -0.2) is 28.8 Å². The lowest BCUT2D eigenvalue weighted by Crippen LogP contribution is -2.65. The summed E-state index contributed by atoms with van der Waals surface area (Å²) in [6.45, 7) is 8.11. The van der Waals surface area contributed by atoms with Crippen LogP contribution in [0.4, 0.5) is 0 Å². The molecule has 1 fully saturated rings. The zero-order valence-electron chi connectivity index (χ0n) is 12.8. The van der Waals surface area contributed by atoms with Crippen molar-refractivity contribution in [3.63, 3.8) is 0 Å². The van der Waals surface area contributed by atoms with Crippen LogP contribution in [0.15, 0.2) is 28.7 Å². The molecule has 0 aromatic heterocycles. The number of hydrogen-bond donors (Lipinski definition) is 1. The summed E-state index contributed by atoms with van der Waals surface area (Å²) in [6.07, 6.45) is 0. The van der Waals surface area contributed by atoms with Gasteiger partial charge in [-0.1, -0.05) is 48.8 Å². The first kappa shape index (κ1) is 16.0. The van der Waals surface area contributed by atoms with E-state index in [1.807, 2.05) is 45.0 Å². The SMILES string of the molecule is CC1C(=O)NC(C(C)(C)C)C(=O)N1Cc1ccc(Br)cc1. The topological polar surface area (TPSA) is 49.4 Å². The van der Waals surface area contributed by atoms with Gasteiger partial charge in [-0.3, -0.25) is 9.59 Å². The van der Waals surface area contributed by atoms with Crippen molar-refractivity contribution in [2.24, 2.45) is 5.41 Å². The standard InChI is InChI=1S/C16H21BrN2O2/c1-10-14(20)18-13(16(2,3)4)15(21)19(10)9-11-5-7-12(17)8-6-11/h5-8,10,13H,9H2,1-4H3,(H,18,20). The fourth-order valence-electron chi connectivity index (χ4n) is 2.41. The summed E-state index contributed by atoms with van der Waals surface area (Å²) < 4.78 is 0.995. The summed E-state index contributed by atoms with van der Waals surface area (Å²) in [4.78, 5) is 26.5. The Hall–Kier alpha value is -1.36. The molecular weight excluding hydrogens is 332 g/mol. The van der Waals surface area contributed by atoms with E-state index in [9.17, 15) is 9.59 Å². The van der Waals surface area contributed by atoms with Crippen molar-refractivity contribution >= 4 is 27.7 Å². The van der Waals surface area contributed by atoms with Crippen LogP contribution in [0.5, 0.6) is 0 Å². The van der Waals surface area contributed by atoms with Crippen LogP contribution in [0, 0.1) is 5.41 Å². The van der Waals surface area contributed by atoms with Crippen LogP contribution < -0.4 is 5.32 Å². The number of benzene rings is 1. The second-order valence-electron chi connectivity index (χ2n) is 6.58. The molecule has 1 aromatic rings. The Bertz CT molecular complexity index is 548. The molecule has 1 aliphatic heterocycles. The lowest BCUT2D eigenvalue weighted by Gasteiger charge is -2.42. The van der Waals surface area contributed by atoms with Gasteiger partial charge in [-0.25, -0.2) is 0 Å². The Morgan fingerprint density at radius 3 is 2.29 bits per heavy atom. The zero-order chi connectivity index (χ0) is 15.8. The molecule has 1 N–H and O–H groups in total. The molecule has 0 aliphatic carbocycles. The predicted octanol–water partition coefficient (Wildman–Crippen LogP) is 2.71. The second kappa shape index (κ2) is 5.79. The molecule has 1 aliphatic rings. The molecular formula is C16H21BrN2O2. The van der Waals surface area contributed by atoms with E-state index >= 15 is 0 Å². The van der Waals surface area contributed by atoms with E-state index in [1.54, 1.807) is 11.8 Å². The van der Waals surface area contributed by atoms with Crippen LogP contribution in [0.25, 0.3) is 0 Å². The zero-order valence-corrected chi connectivity index (χ0v) is 14.4. The van der Waals surface area contributed by atoms with Crippen LogP contribution in [0.3, 0.4) is 0 Å². The highest BCUT2D eigenvalue weighted by atomic mass is 79.9. The van der Waals surface area contributed by atoms with Gasteiger partial charge in [-0.2, -0.15) is 0 Å². The molecule has 2 unspecified atom stereocenters. The van der Waals surface area contributed by atoms with Gasteiger partial charge < -0.3 is 10.2 Å². The van der Waals surface area contributed by atoms with Gasteiger partial charge >= 0.3 is 0 Å². The number of piperazine rings is 1. The predicted molar refractivity (Wildman–Crippen MR) is 85.5 cm³/mol. The van der Waals surface area contributed by atoms with Crippen molar-refractivity contribution in [1.82, 2.24) is 10.2 Å². The van der Waals surface area contributed by atoms with Gasteiger partial charge in [-0.05, 0) is 30.0 Å². The molecule has 1 aromatic carbocycles. The number of halogens is 1. The van der Waals surface area contributed by atoms with Crippen LogP contribution in [0.2, 0.25) is 0 Å². The van der Waals surface area contributed by atoms with Gasteiger partial charge in [0.2, 0.25) is 11.8 Å². The molecule has 2 atom stereocenters. The van der Waals surface area contributed by atoms with Crippen molar-refractivity contribution in [2.75, 3.05) is 0 Å². The van der Waals surface area contributed by atoms with E-state index in [1.165, 1.54) is 0 Å². The van der Waals surface area contributed by atoms with E-state index in [2.05, 4.69) is 21.2 Å². The first-order chi connectivity index (χ1) is 9.70. The van der Waals surface area contributed by atoms with Crippen LogP contribution in [-0.2, 0) is 16.1 Å². The number of hydrogen-bond acceptors (Lipinski definition) is 2. The minimum Gasteiger partial charge on any atom is -0.342 e. The van der Waals surface area contributed by atoms with Crippen molar-refractivity contribution in [3.05, 3.63) is 34.3 Å². The molecule has 1 saturated heterocycles. The molecule has 0 bridgehead atoms. The minimum atomic E-state index is -0.475. The average Bonchev–Trinajstić information content (AvgIpc) is 2.40. The lowest BCUT2D eigenvalue weighted by molar-refractivity contribution is -0.152. The van der Waals surface area contributed by atoms with E-state index in [0.717, 1.165) is 10.0 Å². The third kappa shape index (κ3) is 3.46. The molecule has 114 valence electrons. The van der Waals surface area contributed by atoms with Gasteiger partial charge in [0.15, 0.2) is 0 Å². The van der Waals surface area contributed by atoms with Gasteiger partial charge in [0, 0.05) is 11.0 Å². The Kier molecular flexibility index (Phi) is 4.42. The first-order valence-electron chi connectivity index (χ1n) is 7.05. The summed E-state index contributed by atoms with van der Waals surface area (Å²) >= 11 is 3.39. The maximum absolute atomic E-state index is 12.7. The van der Waals surface area contributed by atoms with Gasteiger partial charge in [-0.15, -0.1) is 0 Å². The third-order valence-electron chi connectivity index (χ3n) is 3.80. The molecule has 4 nitrogen and oxygen atoms in total. The summed E-state index contributed by atoms with van der Waals surface area (Å²) in [5.41, 5.74) is 0.714. The number of amides is 2. The monoisotopic (exact) mass is 352 g/mol. The smallest absolute Gasteiger partial charge is 0.246 e. The second-order valence-corrected chi connectivity index (χ2v) is 7.49. The maximum atomic E-state index is 12.7. The molecule has 0 saturated carbocycles. The average molecular weight is 353 g/mol. The van der Waals surface area contributed by atoms with E-state index < -0.39 is 12.1 Å². The molecule has 2 amide bonds. The summed E-state index contributed by atoms with van der Waals surface area (Å²) in [7, 11) is 0. The van der Waals surface area contributed by atoms with Crippen molar-refractivity contribution in [2.45, 2.75) is 46.3 Å². The Labute approximate surface area is 134 Å². The largest absolute Gasteiger partial charge is 0.342 e. The fourth-order valence-corrected chi connectivity index (χ4v) is 2.68. The van der Waals surface area contributed by atoms with Crippen LogP contribution in [0.1, 0.15) is 33.3 Å². The number of rotatable bonds is 2. The highest BCUT2D eigenvalue weighted by molar-refractivity contribution is 9.10. The lowest BCUT2D eigenvalue weighted by atomic mass is 9.84. The summed E-state index contributed by atoms with van der Waals surface area (Å²) in [6, 6.07) is 6.88. The highest BCUT2D eigenvalue weighted by Crippen LogP contribution is 2.26. The normalized spacial score (nSPS) is 23.2. The quantitative estimate of drug-likeness (QED) is 0.889. The molecule has 0 spiro atoms. The molecule has 0 radical (unpaired) electrons. The first-order valence-corrected chi connectivity index (χ1v) is 7.85. The number of carbonyl (C=O) groups excluding carboxylic acids is 2. The number of nitrogens with zero attached hydrogens (tertiary/aromatic N) is 1. The minimum absolute atomic E-state index is 0.0162. The molecule has 2 rings (SSSR count). The van der Waals surface area contributed by atoms with Crippen molar-refractivity contribution in [3.8, 4) is 0 Å². The Balaban J connectivity index is 2.24. The number of carbonyl (C=O) groups is 2. The fraction of sp³-hybridized carbons (Fsp3) is 0.500. The highest BCUT2D eigenvalue weighted by Gasteiger charge is 2.43. The van der Waals surface area contributed by atoms with E-state index in [0.29, 0.717) is 6.54 Å². The van der Waals surface area contributed by atoms with Gasteiger partial charge in [0.25, 0.3) is 0 Å². The van der Waals surface area contributed by atoms with Gasteiger partial charge in [0.1, 0.15) is 12.1 Å². The third-order valence-corrected chi connectivity index (χ3v) is 4.32. The van der Waals surface area contributed by atoms with Crippen molar-refractivity contribution in [1.29, 1.82) is 0 Å². The van der Waals surface area contributed by atoms with E-state index in [-0.39, 0.29) is 17.2 Å². The number of nitrogens with one attached hydrogen (secondary N) is 1. The molecule has 1 heterocycles. The Morgan fingerprint density at radius 1 is 1.19 bits per heavy atom. The van der Waals surface area contributed by atoms with Crippen LogP contribution >= 0.6 is 15.9 Å². The molecule has 21 heavy (non-hydrogen) atoms. The van der Waals surface area contributed by atoms with E-state index in [4.69, 9.17) is 0 Å². The summed E-state index contributed by atoms with van der Waals surface area (Å²) in [5, 5.41) is 2.84. The Morgan fingerprint density at radius 2 is 1.76 bits per heavy atom. The summed E-state index contributed by atoms with van der Waals surface area (Å²) in [5.74, 6) is -0.107. The maximum Gasteiger partial charge on any atom is 0.246 e. The molecule has 5 heteroatoms.